The molecule has 0 atom stereocenters. The number of thiophene rings is 2. The molecule has 1 N–H and O–H groups in total. The van der Waals surface area contributed by atoms with E-state index in [1.165, 1.54) is 6.08 Å². The van der Waals surface area contributed by atoms with Gasteiger partial charge in [0.2, 0.25) is 0 Å². The summed E-state index contributed by atoms with van der Waals surface area (Å²) in [4.78, 5) is 20.3. The van der Waals surface area contributed by atoms with Crippen LogP contribution in [-0.2, 0) is 4.79 Å². The number of nitrogens with zero attached hydrogens (tertiary/aromatic N) is 3. The van der Waals surface area contributed by atoms with Crippen molar-refractivity contribution in [1.29, 1.82) is 5.26 Å². The first-order valence-corrected chi connectivity index (χ1v) is 20.0. The minimum absolute atomic E-state index is 0.324. The van der Waals surface area contributed by atoms with Crippen molar-refractivity contribution < 1.29 is 9.90 Å². The lowest BCUT2D eigenvalue weighted by atomic mass is 10.1. The Balaban J connectivity index is 1.10. The highest BCUT2D eigenvalue weighted by Gasteiger charge is 2.17. The Kier molecular flexibility index (Phi) is 11.0. The van der Waals surface area contributed by atoms with E-state index in [-0.39, 0.29) is 5.57 Å². The number of anilines is 6. The molecule has 274 valence electrons. The highest BCUT2D eigenvalue weighted by molar-refractivity contribution is 7.19. The number of carbonyl (C=O) groups is 1. The van der Waals surface area contributed by atoms with Gasteiger partial charge in [-0.3, -0.25) is 0 Å². The van der Waals surface area contributed by atoms with Crippen LogP contribution in [0.5, 0.6) is 0 Å². The van der Waals surface area contributed by atoms with E-state index in [2.05, 4.69) is 131 Å². The molecule has 2 aromatic heterocycles. The molecule has 6 aromatic carbocycles. The monoisotopic (exact) mass is 773 g/mol. The molecule has 0 aliphatic heterocycles. The number of hydrogen-bond acceptors (Lipinski definition) is 6. The van der Waals surface area contributed by atoms with Crippen LogP contribution in [0.3, 0.4) is 0 Å². The summed E-state index contributed by atoms with van der Waals surface area (Å²) in [6, 6.07) is 68.5. The summed E-state index contributed by atoms with van der Waals surface area (Å²) in [6.07, 6.45) is 3.14. The summed E-state index contributed by atoms with van der Waals surface area (Å²) in [6.45, 7) is 0. The maximum absolute atomic E-state index is 11.8. The number of benzene rings is 6. The molecule has 0 spiro atoms. The lowest BCUT2D eigenvalue weighted by Crippen LogP contribution is -2.09. The molecule has 0 amide bonds. The van der Waals surface area contributed by atoms with Crippen molar-refractivity contribution in [3.63, 3.8) is 0 Å². The van der Waals surface area contributed by atoms with Crippen LogP contribution >= 0.6 is 22.7 Å². The predicted octanol–water partition coefficient (Wildman–Crippen LogP) is 14.0. The van der Waals surface area contributed by atoms with Crippen molar-refractivity contribution in [1.82, 2.24) is 0 Å². The van der Waals surface area contributed by atoms with Crippen molar-refractivity contribution in [2.75, 3.05) is 9.80 Å². The molecule has 0 unspecified atom stereocenters. The SMILES string of the molecule is N#C/C(=C/C=C(c1ccc(-c2ccc(N(c3ccccc3)c3ccccc3)cc2)s1)c1ccc(-c2ccc(N(c3ccccc3)c3ccccc3)cc2)s1)C(=O)O. The summed E-state index contributed by atoms with van der Waals surface area (Å²) in [7, 11) is 0. The highest BCUT2D eigenvalue weighted by atomic mass is 32.1. The number of para-hydroxylation sites is 4. The lowest BCUT2D eigenvalue weighted by molar-refractivity contribution is -0.132. The van der Waals surface area contributed by atoms with Gasteiger partial charge in [0.1, 0.15) is 11.6 Å². The van der Waals surface area contributed by atoms with E-state index in [0.29, 0.717) is 0 Å². The van der Waals surface area contributed by atoms with Crippen LogP contribution < -0.4 is 9.80 Å². The highest BCUT2D eigenvalue weighted by Crippen LogP contribution is 2.42. The third-order valence-electron chi connectivity index (χ3n) is 9.39. The second kappa shape index (κ2) is 17.1. The maximum atomic E-state index is 11.8. The zero-order chi connectivity index (χ0) is 39.0. The molecule has 5 nitrogen and oxygen atoms in total. The molecule has 0 aliphatic rings. The van der Waals surface area contributed by atoms with Gasteiger partial charge in [0.25, 0.3) is 0 Å². The smallest absolute Gasteiger partial charge is 0.346 e. The second-order valence-corrected chi connectivity index (χ2v) is 15.2. The first-order chi connectivity index (χ1) is 28.1. The third-order valence-corrected chi connectivity index (χ3v) is 11.7. The van der Waals surface area contributed by atoms with Gasteiger partial charge in [-0.25, -0.2) is 4.79 Å². The molecular formula is C50H35N3O2S2. The van der Waals surface area contributed by atoms with E-state index in [9.17, 15) is 15.2 Å². The first-order valence-electron chi connectivity index (χ1n) is 18.3. The Morgan fingerprint density at radius 1 is 0.456 bits per heavy atom. The van der Waals surface area contributed by atoms with Gasteiger partial charge in [-0.1, -0.05) is 103 Å². The van der Waals surface area contributed by atoms with Gasteiger partial charge in [0.15, 0.2) is 0 Å². The molecule has 0 saturated carbocycles. The minimum atomic E-state index is -1.26. The Hall–Kier alpha value is -7.24. The molecule has 0 radical (unpaired) electrons. The van der Waals surface area contributed by atoms with Crippen molar-refractivity contribution >= 4 is 68.3 Å². The molecule has 0 aliphatic carbocycles. The maximum Gasteiger partial charge on any atom is 0.346 e. The van der Waals surface area contributed by atoms with Gasteiger partial charge >= 0.3 is 5.97 Å². The molecular weight excluding hydrogens is 739 g/mol. The first kappa shape index (κ1) is 36.7. The fourth-order valence-corrected chi connectivity index (χ4v) is 8.80. The van der Waals surface area contributed by atoms with Crippen LogP contribution in [0.2, 0.25) is 0 Å². The molecule has 0 fully saturated rings. The number of carboxylic acid groups (broad SMARTS) is 1. The summed E-state index contributed by atoms with van der Waals surface area (Å²) in [5.74, 6) is -1.26. The lowest BCUT2D eigenvalue weighted by Gasteiger charge is -2.25. The zero-order valence-corrected chi connectivity index (χ0v) is 32.3. The Bertz CT molecular complexity index is 2450. The quantitative estimate of drug-likeness (QED) is 0.0761. The molecule has 0 saturated heterocycles. The number of allylic oxidation sites excluding steroid dienone is 2. The van der Waals surface area contributed by atoms with Crippen molar-refractivity contribution in [3.8, 4) is 27.0 Å². The van der Waals surface area contributed by atoms with Crippen LogP contribution in [0.4, 0.5) is 34.1 Å². The van der Waals surface area contributed by atoms with Crippen LogP contribution in [0, 0.1) is 11.3 Å². The van der Waals surface area contributed by atoms with Crippen LogP contribution in [0.1, 0.15) is 9.75 Å². The Morgan fingerprint density at radius 3 is 1.11 bits per heavy atom. The van der Waals surface area contributed by atoms with E-state index in [1.807, 2.05) is 78.9 Å². The summed E-state index contributed by atoms with van der Waals surface area (Å²) < 4.78 is 0. The van der Waals surface area contributed by atoms with Crippen molar-refractivity contribution in [2.24, 2.45) is 0 Å². The van der Waals surface area contributed by atoms with Gasteiger partial charge in [0.05, 0.1) is 0 Å². The average molecular weight is 774 g/mol. The number of aliphatic carboxylic acids is 1. The predicted molar refractivity (Wildman–Crippen MR) is 237 cm³/mol. The van der Waals surface area contributed by atoms with E-state index < -0.39 is 5.97 Å². The summed E-state index contributed by atoms with van der Waals surface area (Å²) >= 11 is 3.26. The number of hydrogen-bond donors (Lipinski definition) is 1. The molecule has 8 rings (SSSR count). The molecule has 2 heterocycles. The van der Waals surface area contributed by atoms with Crippen LogP contribution in [0.15, 0.2) is 212 Å². The van der Waals surface area contributed by atoms with Gasteiger partial charge in [0, 0.05) is 59.2 Å². The third kappa shape index (κ3) is 8.24. The number of carboxylic acids is 1. The van der Waals surface area contributed by atoms with Gasteiger partial charge < -0.3 is 14.9 Å². The Labute approximate surface area is 340 Å². The normalized spacial score (nSPS) is 11.0. The number of nitriles is 1. The van der Waals surface area contributed by atoms with Crippen LogP contribution in [0.25, 0.3) is 26.5 Å². The van der Waals surface area contributed by atoms with Gasteiger partial charge in [-0.2, -0.15) is 5.26 Å². The van der Waals surface area contributed by atoms with Crippen molar-refractivity contribution in [3.05, 3.63) is 222 Å². The molecule has 0 bridgehead atoms. The fourth-order valence-electron chi connectivity index (χ4n) is 6.64. The molecule has 57 heavy (non-hydrogen) atoms. The van der Waals surface area contributed by atoms with E-state index in [1.54, 1.807) is 28.7 Å². The molecule has 7 heteroatoms. The fraction of sp³-hybridized carbons (Fsp3) is 0. The second-order valence-electron chi connectivity index (χ2n) is 13.0. The molecule has 8 aromatic rings. The minimum Gasteiger partial charge on any atom is -0.477 e. The average Bonchev–Trinajstić information content (AvgIpc) is 3.96. The van der Waals surface area contributed by atoms with E-state index in [4.69, 9.17) is 0 Å². The van der Waals surface area contributed by atoms with Crippen molar-refractivity contribution in [2.45, 2.75) is 0 Å². The summed E-state index contributed by atoms with van der Waals surface area (Å²) in [5, 5.41) is 19.2. The van der Waals surface area contributed by atoms with E-state index >= 15 is 0 Å². The largest absolute Gasteiger partial charge is 0.477 e. The Morgan fingerprint density at radius 2 is 0.789 bits per heavy atom. The van der Waals surface area contributed by atoms with Gasteiger partial charge in [-0.15, -0.1) is 22.7 Å². The number of rotatable bonds is 12. The zero-order valence-electron chi connectivity index (χ0n) is 30.6. The van der Waals surface area contributed by atoms with Gasteiger partial charge in [-0.05, 0) is 114 Å². The van der Waals surface area contributed by atoms with Crippen LogP contribution in [-0.4, -0.2) is 11.1 Å². The topological polar surface area (TPSA) is 67.6 Å². The summed E-state index contributed by atoms with van der Waals surface area (Å²) in [5.41, 5.74) is 9.05. The standard InChI is InChI=1S/C50H35N3O2S2/c51-35-38(50(54)55)25-30-45(48-33-31-46(56-48)36-21-26-43(27-22-36)52(39-13-5-1-6-14-39)40-15-7-2-8-16-40)49-34-32-47(57-49)37-23-28-44(29-24-37)53(41-17-9-3-10-18-41)42-19-11-4-12-20-42/h1-34H,(H,54,55)/b38-25-. The van der Waals surface area contributed by atoms with E-state index in [0.717, 1.165) is 70.3 Å².